The molecule has 1 aromatic carbocycles. The number of carboxylic acids is 1. The quantitative estimate of drug-likeness (QED) is 0.809. The highest BCUT2D eigenvalue weighted by atomic mass is 35.5. The fourth-order valence-corrected chi connectivity index (χ4v) is 4.50. The summed E-state index contributed by atoms with van der Waals surface area (Å²) in [6.45, 7) is -0.189. The number of benzene rings is 1. The van der Waals surface area contributed by atoms with Gasteiger partial charge in [-0.3, -0.25) is 9.69 Å². The zero-order chi connectivity index (χ0) is 15.6. The van der Waals surface area contributed by atoms with Crippen molar-refractivity contribution < 1.29 is 23.4 Å². The van der Waals surface area contributed by atoms with E-state index in [0.29, 0.717) is 10.6 Å². The third-order valence-corrected chi connectivity index (χ3v) is 5.50. The van der Waals surface area contributed by atoms with Crippen LogP contribution in [0.3, 0.4) is 0 Å². The van der Waals surface area contributed by atoms with E-state index in [1.807, 2.05) is 0 Å². The molecular formula is C13H16ClNO5S. The molecule has 1 aliphatic heterocycles. The highest BCUT2D eigenvalue weighted by Gasteiger charge is 2.40. The molecule has 0 bridgehead atoms. The number of halogens is 1. The predicted molar refractivity (Wildman–Crippen MR) is 77.9 cm³/mol. The van der Waals surface area contributed by atoms with Crippen LogP contribution >= 0.6 is 11.6 Å². The summed E-state index contributed by atoms with van der Waals surface area (Å²) in [7, 11) is -3.35. The standard InChI is InChI=1S/C13H16ClNO5S/c14-10-4-2-1-3-9(10)5-15(6-13(17)18)11-7-21(19,20)8-12(11)16/h1-4,11-12,16H,5-8H2,(H,17,18)/t11-,12-/m1/s1. The van der Waals surface area contributed by atoms with E-state index in [2.05, 4.69) is 0 Å². The second-order valence-electron chi connectivity index (χ2n) is 5.10. The molecule has 0 spiro atoms. The number of aliphatic hydroxyl groups excluding tert-OH is 1. The van der Waals surface area contributed by atoms with Gasteiger partial charge in [-0.05, 0) is 11.6 Å². The number of hydrogen-bond acceptors (Lipinski definition) is 5. The minimum absolute atomic E-state index is 0.170. The zero-order valence-electron chi connectivity index (χ0n) is 11.1. The van der Waals surface area contributed by atoms with Crippen LogP contribution in [0.4, 0.5) is 0 Å². The Morgan fingerprint density at radius 1 is 1.33 bits per heavy atom. The Kier molecular flexibility index (Phi) is 4.88. The first kappa shape index (κ1) is 16.2. The summed E-state index contributed by atoms with van der Waals surface area (Å²) in [6, 6.07) is 6.21. The molecule has 1 aliphatic rings. The first-order valence-corrected chi connectivity index (χ1v) is 8.56. The van der Waals surface area contributed by atoms with E-state index < -0.39 is 28.0 Å². The van der Waals surface area contributed by atoms with Gasteiger partial charge in [-0.15, -0.1) is 0 Å². The van der Waals surface area contributed by atoms with Crippen LogP contribution in [-0.4, -0.2) is 59.7 Å². The number of aliphatic hydroxyl groups is 1. The van der Waals surface area contributed by atoms with Crippen molar-refractivity contribution in [3.63, 3.8) is 0 Å². The van der Waals surface area contributed by atoms with Crippen molar-refractivity contribution in [2.45, 2.75) is 18.7 Å². The van der Waals surface area contributed by atoms with Crippen molar-refractivity contribution in [2.75, 3.05) is 18.1 Å². The summed E-state index contributed by atoms with van der Waals surface area (Å²) in [4.78, 5) is 12.4. The lowest BCUT2D eigenvalue weighted by molar-refractivity contribution is -0.139. The second kappa shape index (κ2) is 6.31. The van der Waals surface area contributed by atoms with Gasteiger partial charge in [0.25, 0.3) is 0 Å². The number of nitrogens with zero attached hydrogens (tertiary/aromatic N) is 1. The van der Waals surface area contributed by atoms with E-state index in [1.165, 1.54) is 4.90 Å². The molecular weight excluding hydrogens is 318 g/mol. The topological polar surface area (TPSA) is 94.9 Å². The first-order chi connectivity index (χ1) is 9.78. The number of rotatable bonds is 5. The lowest BCUT2D eigenvalue weighted by Crippen LogP contribution is -2.45. The fourth-order valence-electron chi connectivity index (χ4n) is 2.47. The summed E-state index contributed by atoms with van der Waals surface area (Å²) in [5, 5.41) is 19.4. The zero-order valence-corrected chi connectivity index (χ0v) is 12.7. The van der Waals surface area contributed by atoms with Crippen molar-refractivity contribution in [2.24, 2.45) is 0 Å². The molecule has 8 heteroatoms. The Labute approximate surface area is 127 Å². The van der Waals surface area contributed by atoms with Gasteiger partial charge in [0.05, 0.1) is 30.2 Å². The summed E-state index contributed by atoms with van der Waals surface area (Å²) in [5.74, 6) is -1.67. The molecule has 0 saturated carbocycles. The molecule has 2 rings (SSSR count). The molecule has 0 radical (unpaired) electrons. The van der Waals surface area contributed by atoms with Gasteiger partial charge in [-0.2, -0.15) is 0 Å². The highest BCUT2D eigenvalue weighted by molar-refractivity contribution is 7.91. The van der Waals surface area contributed by atoms with Gasteiger partial charge in [0.1, 0.15) is 0 Å². The van der Waals surface area contributed by atoms with Crippen LogP contribution < -0.4 is 0 Å². The second-order valence-corrected chi connectivity index (χ2v) is 7.66. The highest BCUT2D eigenvalue weighted by Crippen LogP contribution is 2.23. The van der Waals surface area contributed by atoms with E-state index in [1.54, 1.807) is 24.3 Å². The van der Waals surface area contributed by atoms with Gasteiger partial charge < -0.3 is 10.2 Å². The van der Waals surface area contributed by atoms with Crippen LogP contribution in [0, 0.1) is 0 Å². The molecule has 21 heavy (non-hydrogen) atoms. The molecule has 116 valence electrons. The average Bonchev–Trinajstić information content (AvgIpc) is 2.64. The van der Waals surface area contributed by atoms with Crippen LogP contribution in [0.15, 0.2) is 24.3 Å². The number of aliphatic carboxylic acids is 1. The summed E-state index contributed by atoms with van der Waals surface area (Å²) in [5.41, 5.74) is 0.692. The lowest BCUT2D eigenvalue weighted by atomic mass is 10.1. The smallest absolute Gasteiger partial charge is 0.317 e. The summed E-state index contributed by atoms with van der Waals surface area (Å²) < 4.78 is 23.2. The average molecular weight is 334 g/mol. The van der Waals surface area contributed by atoms with E-state index in [4.69, 9.17) is 16.7 Å². The number of sulfone groups is 1. The Morgan fingerprint density at radius 2 is 2.00 bits per heavy atom. The maximum atomic E-state index is 11.6. The van der Waals surface area contributed by atoms with Crippen LogP contribution in [0.25, 0.3) is 0 Å². The van der Waals surface area contributed by atoms with Crippen LogP contribution in [0.2, 0.25) is 5.02 Å². The Balaban J connectivity index is 2.23. The maximum absolute atomic E-state index is 11.6. The fraction of sp³-hybridized carbons (Fsp3) is 0.462. The Hall–Kier alpha value is -1.15. The van der Waals surface area contributed by atoms with Crippen molar-refractivity contribution in [1.82, 2.24) is 4.90 Å². The molecule has 1 heterocycles. The molecule has 1 aromatic rings. The molecule has 0 aliphatic carbocycles. The Bertz CT molecular complexity index is 633. The van der Waals surface area contributed by atoms with Gasteiger partial charge >= 0.3 is 5.97 Å². The Morgan fingerprint density at radius 3 is 2.52 bits per heavy atom. The minimum Gasteiger partial charge on any atom is -0.480 e. The molecule has 6 nitrogen and oxygen atoms in total. The van der Waals surface area contributed by atoms with E-state index in [-0.39, 0.29) is 24.6 Å². The van der Waals surface area contributed by atoms with E-state index >= 15 is 0 Å². The van der Waals surface area contributed by atoms with Crippen molar-refractivity contribution in [1.29, 1.82) is 0 Å². The normalized spacial score (nSPS) is 24.3. The van der Waals surface area contributed by atoms with E-state index in [0.717, 1.165) is 0 Å². The SMILES string of the molecule is O=C(O)CN(Cc1ccccc1Cl)[C@@H]1CS(=O)(=O)C[C@H]1O. The minimum atomic E-state index is -3.35. The van der Waals surface area contributed by atoms with E-state index in [9.17, 15) is 18.3 Å². The molecule has 2 N–H and O–H groups in total. The molecule has 1 fully saturated rings. The third-order valence-electron chi connectivity index (χ3n) is 3.43. The van der Waals surface area contributed by atoms with Gasteiger partial charge in [0.15, 0.2) is 9.84 Å². The third kappa shape index (κ3) is 4.16. The summed E-state index contributed by atoms with van der Waals surface area (Å²) >= 11 is 6.05. The molecule has 1 saturated heterocycles. The lowest BCUT2D eigenvalue weighted by Gasteiger charge is -2.28. The number of carbonyl (C=O) groups is 1. The molecule has 0 amide bonds. The molecule has 0 aromatic heterocycles. The maximum Gasteiger partial charge on any atom is 0.317 e. The van der Waals surface area contributed by atoms with Crippen LogP contribution in [0.5, 0.6) is 0 Å². The van der Waals surface area contributed by atoms with Gasteiger partial charge in [0.2, 0.25) is 0 Å². The molecule has 2 atom stereocenters. The monoisotopic (exact) mass is 333 g/mol. The summed E-state index contributed by atoms with van der Waals surface area (Å²) in [6.07, 6.45) is -1.09. The van der Waals surface area contributed by atoms with Crippen molar-refractivity contribution >= 4 is 27.4 Å². The first-order valence-electron chi connectivity index (χ1n) is 6.36. The molecule has 0 unspecified atom stereocenters. The van der Waals surface area contributed by atoms with Crippen LogP contribution in [0.1, 0.15) is 5.56 Å². The number of hydrogen-bond donors (Lipinski definition) is 2. The van der Waals surface area contributed by atoms with Crippen molar-refractivity contribution in [3.8, 4) is 0 Å². The largest absolute Gasteiger partial charge is 0.480 e. The predicted octanol–water partition coefficient (Wildman–Crippen LogP) is 0.385. The van der Waals surface area contributed by atoms with Gasteiger partial charge in [-0.25, -0.2) is 8.42 Å². The van der Waals surface area contributed by atoms with Gasteiger partial charge in [0, 0.05) is 11.6 Å². The van der Waals surface area contributed by atoms with Gasteiger partial charge in [-0.1, -0.05) is 29.8 Å². The van der Waals surface area contributed by atoms with Crippen molar-refractivity contribution in [3.05, 3.63) is 34.9 Å². The number of carboxylic acid groups (broad SMARTS) is 1. The van der Waals surface area contributed by atoms with Crippen LogP contribution in [-0.2, 0) is 21.2 Å².